The molecule has 0 heterocycles. The molecule has 0 aliphatic carbocycles. The molecule has 0 saturated heterocycles. The molecule has 0 amide bonds. The van der Waals surface area contributed by atoms with Gasteiger partial charge < -0.3 is 23.1 Å². The molecular weight excluding hydrogens is 748 g/mol. The molecule has 47 heavy (non-hydrogen) atoms. The van der Waals surface area contributed by atoms with E-state index >= 15 is 0 Å². The summed E-state index contributed by atoms with van der Waals surface area (Å²) in [4.78, 5) is 0. The summed E-state index contributed by atoms with van der Waals surface area (Å²) in [5, 5.41) is 12.2. The van der Waals surface area contributed by atoms with Gasteiger partial charge in [0.2, 0.25) is 0 Å². The van der Waals surface area contributed by atoms with Gasteiger partial charge in [-0.15, -0.1) is 0 Å². The van der Waals surface area contributed by atoms with E-state index in [1.807, 2.05) is 0 Å². The molecule has 0 saturated carbocycles. The van der Waals surface area contributed by atoms with E-state index < -0.39 is 31.1 Å². The molecule has 0 fully saturated rings. The fraction of sp³-hybridized carbons (Fsp3) is 0.842. The van der Waals surface area contributed by atoms with Crippen LogP contribution in [-0.2, 0) is 18.0 Å². The predicted octanol–water partition coefficient (Wildman–Crippen LogP) is 12.2. The topological polar surface area (TPSA) is 57.2 Å². The molecule has 9 heteroatoms. The Labute approximate surface area is 309 Å². The van der Waals surface area contributed by atoms with Crippen molar-refractivity contribution in [2.75, 3.05) is 13.7 Å². The number of ether oxygens (including phenoxy) is 1. The first kappa shape index (κ1) is 47.4. The van der Waals surface area contributed by atoms with Crippen LogP contribution in [0.5, 0.6) is 0 Å². The standard InChI is InChI=1S/C38H77IO5Si3/c1-30(22-21-27-42-45(13,14)36(3,4)5)28-35(44-47(17,18)38(9,10)11)31(2)34(40)29-33(43-46(15,16)37(6,7)8)24-19-23-32(41-12)25-20-26-39/h20-22,26,28,31-35,40H,19,23-25,27,29H2,1-18H3/b22-21+,26-20-,30-28+/t31-,32-,33+,34-,35+/m0/s1. The summed E-state index contributed by atoms with van der Waals surface area (Å²) in [7, 11) is -4.17. The van der Waals surface area contributed by atoms with Gasteiger partial charge in [0.05, 0.1) is 24.9 Å². The maximum Gasteiger partial charge on any atom is 0.192 e. The van der Waals surface area contributed by atoms with Gasteiger partial charge in [-0.3, -0.25) is 0 Å². The van der Waals surface area contributed by atoms with Gasteiger partial charge in [-0.2, -0.15) is 0 Å². The molecule has 0 aromatic heterocycles. The number of halogens is 1. The minimum Gasteiger partial charge on any atom is -0.414 e. The normalized spacial score (nSPS) is 18.2. The Morgan fingerprint density at radius 2 is 1.26 bits per heavy atom. The van der Waals surface area contributed by atoms with E-state index in [0.717, 1.165) is 31.3 Å². The average molecular weight is 825 g/mol. The maximum absolute atomic E-state index is 11.9. The molecule has 5 nitrogen and oxygen atoms in total. The molecule has 1 N–H and O–H groups in total. The first-order chi connectivity index (χ1) is 21.1. The Balaban J connectivity index is 6.18. The summed E-state index contributed by atoms with van der Waals surface area (Å²) in [6, 6.07) is 0. The molecule has 0 aliphatic heterocycles. The van der Waals surface area contributed by atoms with E-state index in [9.17, 15) is 5.11 Å². The van der Waals surface area contributed by atoms with E-state index in [-0.39, 0.29) is 39.3 Å². The van der Waals surface area contributed by atoms with Crippen LogP contribution >= 0.6 is 22.6 Å². The van der Waals surface area contributed by atoms with E-state index in [1.165, 1.54) is 0 Å². The third-order valence-electron chi connectivity index (χ3n) is 11.2. The van der Waals surface area contributed by atoms with Crippen molar-refractivity contribution in [2.45, 2.75) is 187 Å². The highest BCUT2D eigenvalue weighted by atomic mass is 127. The first-order valence-corrected chi connectivity index (χ1v) is 27.9. The summed E-state index contributed by atoms with van der Waals surface area (Å²) >= 11 is 2.27. The Morgan fingerprint density at radius 3 is 1.72 bits per heavy atom. The lowest BCUT2D eigenvalue weighted by molar-refractivity contribution is 0.0121. The van der Waals surface area contributed by atoms with Crippen LogP contribution in [0.2, 0.25) is 54.4 Å². The molecule has 0 unspecified atom stereocenters. The quantitative estimate of drug-likeness (QED) is 0.0753. The van der Waals surface area contributed by atoms with Crippen LogP contribution in [0.3, 0.4) is 0 Å². The second-order valence-corrected chi connectivity index (χ2v) is 33.3. The Morgan fingerprint density at radius 1 is 0.766 bits per heavy atom. The van der Waals surface area contributed by atoms with E-state index in [0.29, 0.717) is 13.0 Å². The fourth-order valence-electron chi connectivity index (χ4n) is 4.46. The summed E-state index contributed by atoms with van der Waals surface area (Å²) in [6.07, 6.45) is 12.5. The first-order valence-electron chi connectivity index (χ1n) is 17.9. The molecule has 0 radical (unpaired) electrons. The van der Waals surface area contributed by atoms with Gasteiger partial charge in [-0.05, 0) is 97.5 Å². The van der Waals surface area contributed by atoms with Gasteiger partial charge in [0.25, 0.3) is 0 Å². The van der Waals surface area contributed by atoms with Crippen molar-refractivity contribution in [2.24, 2.45) is 5.92 Å². The minimum atomic E-state index is -2.12. The summed E-state index contributed by atoms with van der Waals surface area (Å²) in [5.74, 6) is -0.0954. The molecular formula is C38H77IO5Si3. The van der Waals surface area contributed by atoms with Crippen molar-refractivity contribution in [3.05, 3.63) is 34.0 Å². The van der Waals surface area contributed by atoms with Crippen LogP contribution in [0.4, 0.5) is 0 Å². The Bertz CT molecular complexity index is 987. The highest BCUT2D eigenvalue weighted by Gasteiger charge is 2.42. The molecule has 0 aromatic rings. The fourth-order valence-corrected chi connectivity index (χ4v) is 8.42. The number of hydrogen-bond donors (Lipinski definition) is 1. The van der Waals surface area contributed by atoms with Gasteiger partial charge in [-0.25, -0.2) is 0 Å². The highest BCUT2D eigenvalue weighted by Crippen LogP contribution is 2.41. The van der Waals surface area contributed by atoms with Gasteiger partial charge in [-0.1, -0.05) is 122 Å². The zero-order valence-electron chi connectivity index (χ0n) is 34.0. The van der Waals surface area contributed by atoms with Crippen molar-refractivity contribution in [3.8, 4) is 0 Å². The third kappa shape index (κ3) is 17.0. The summed E-state index contributed by atoms with van der Waals surface area (Å²) in [5.41, 5.74) is 1.13. The Hall–Kier alpha value is 0.401. The van der Waals surface area contributed by atoms with Crippen LogP contribution in [0, 0.1) is 5.92 Å². The average Bonchev–Trinajstić information content (AvgIpc) is 2.89. The van der Waals surface area contributed by atoms with Crippen LogP contribution in [-0.4, -0.2) is 68.2 Å². The molecule has 278 valence electrons. The Kier molecular flexibility index (Phi) is 20.0. The number of methoxy groups -OCH3 is 1. The van der Waals surface area contributed by atoms with Gasteiger partial charge >= 0.3 is 0 Å². The van der Waals surface area contributed by atoms with Crippen LogP contribution < -0.4 is 0 Å². The van der Waals surface area contributed by atoms with Crippen LogP contribution in [0.1, 0.15) is 108 Å². The van der Waals surface area contributed by atoms with Crippen molar-refractivity contribution in [3.63, 3.8) is 0 Å². The largest absolute Gasteiger partial charge is 0.414 e. The molecule has 5 atom stereocenters. The van der Waals surface area contributed by atoms with Gasteiger partial charge in [0.1, 0.15) is 0 Å². The predicted molar refractivity (Wildman–Crippen MR) is 222 cm³/mol. The molecule has 0 aliphatic rings. The molecule has 0 bridgehead atoms. The third-order valence-corrected chi connectivity index (χ3v) is 25.2. The summed E-state index contributed by atoms with van der Waals surface area (Å²) < 4.78 is 28.2. The number of allylic oxidation sites excluding steroid dienone is 2. The van der Waals surface area contributed by atoms with Gasteiger partial charge in [0.15, 0.2) is 25.0 Å². The number of aliphatic hydroxyl groups excluding tert-OH is 1. The maximum atomic E-state index is 11.9. The van der Waals surface area contributed by atoms with E-state index in [2.05, 4.69) is 166 Å². The lowest BCUT2D eigenvalue weighted by Gasteiger charge is -2.42. The highest BCUT2D eigenvalue weighted by molar-refractivity contribution is 14.1. The van der Waals surface area contributed by atoms with E-state index in [4.69, 9.17) is 18.0 Å². The molecule has 0 aromatic carbocycles. The van der Waals surface area contributed by atoms with Crippen LogP contribution in [0.15, 0.2) is 34.0 Å². The monoisotopic (exact) mass is 824 g/mol. The minimum absolute atomic E-state index is 0.0167. The smallest absolute Gasteiger partial charge is 0.192 e. The zero-order chi connectivity index (χ0) is 37.1. The SMILES string of the molecule is CO[C@H](C/C=C\I)CCC[C@H](C[C@H](O)[C@H](C)[C@@H](/C=C(C)/C=C/CO[Si](C)(C)C(C)(C)C)O[Si](C)(C)C(C)(C)C)O[Si](C)(C)C(C)(C)C. The second kappa shape index (κ2) is 19.9. The second-order valence-electron chi connectivity index (χ2n) is 18.3. The number of hydrogen-bond acceptors (Lipinski definition) is 5. The summed E-state index contributed by atoms with van der Waals surface area (Å²) in [6.45, 7) is 39.2. The lowest BCUT2D eigenvalue weighted by atomic mass is 9.91. The van der Waals surface area contributed by atoms with E-state index in [1.54, 1.807) is 7.11 Å². The van der Waals surface area contributed by atoms with Crippen molar-refractivity contribution < 1.29 is 23.1 Å². The number of aliphatic hydroxyl groups is 1. The molecule has 0 spiro atoms. The van der Waals surface area contributed by atoms with Crippen molar-refractivity contribution in [1.82, 2.24) is 0 Å². The van der Waals surface area contributed by atoms with Crippen molar-refractivity contribution in [1.29, 1.82) is 0 Å². The van der Waals surface area contributed by atoms with Gasteiger partial charge in [0, 0.05) is 19.1 Å². The van der Waals surface area contributed by atoms with Crippen LogP contribution in [0.25, 0.3) is 0 Å². The molecule has 0 rings (SSSR count). The lowest BCUT2D eigenvalue weighted by Crippen LogP contribution is -2.48. The zero-order valence-corrected chi connectivity index (χ0v) is 39.1. The van der Waals surface area contributed by atoms with Crippen molar-refractivity contribution >= 4 is 47.5 Å². The number of rotatable bonds is 20.